The maximum absolute atomic E-state index is 14.5. The molecule has 2 aliphatic heterocycles. The van der Waals surface area contributed by atoms with Gasteiger partial charge < -0.3 is 10.1 Å². The van der Waals surface area contributed by atoms with Gasteiger partial charge in [-0.15, -0.1) is 0 Å². The largest absolute Gasteiger partial charge is 0.495 e. The van der Waals surface area contributed by atoms with E-state index in [1.165, 1.54) is 12.8 Å². The highest BCUT2D eigenvalue weighted by Gasteiger charge is 2.34. The number of allylic oxidation sites excluding steroid dienone is 2. The second-order valence-electron chi connectivity index (χ2n) is 5.11. The second kappa shape index (κ2) is 5.17. The molecule has 0 aromatic carbocycles. The molecule has 2 rings (SSSR count). The Morgan fingerprint density at radius 3 is 3.00 bits per heavy atom. The first-order chi connectivity index (χ1) is 7.68. The van der Waals surface area contributed by atoms with E-state index < -0.39 is 5.67 Å². The summed E-state index contributed by atoms with van der Waals surface area (Å²) in [5.41, 5.74) is -1.30. The van der Waals surface area contributed by atoms with Gasteiger partial charge in [-0.3, -0.25) is 0 Å². The third-order valence-corrected chi connectivity index (χ3v) is 3.49. The zero-order chi connectivity index (χ0) is 11.4. The number of ether oxygens (including phenoxy) is 1. The van der Waals surface area contributed by atoms with Crippen LogP contribution < -0.4 is 5.32 Å². The van der Waals surface area contributed by atoms with Crippen molar-refractivity contribution in [3.63, 3.8) is 0 Å². The first-order valence-electron chi connectivity index (χ1n) is 6.44. The van der Waals surface area contributed by atoms with Crippen molar-refractivity contribution in [2.75, 3.05) is 13.2 Å². The number of halogens is 1. The van der Waals surface area contributed by atoms with Crippen LogP contribution in [-0.2, 0) is 4.74 Å². The first-order valence-corrected chi connectivity index (χ1v) is 6.44. The van der Waals surface area contributed by atoms with Crippen molar-refractivity contribution in [1.29, 1.82) is 0 Å². The fourth-order valence-corrected chi connectivity index (χ4v) is 2.58. The van der Waals surface area contributed by atoms with Gasteiger partial charge in [0.15, 0.2) is 5.67 Å². The summed E-state index contributed by atoms with van der Waals surface area (Å²) in [4.78, 5) is 0. The molecule has 0 aliphatic carbocycles. The Morgan fingerprint density at radius 2 is 2.38 bits per heavy atom. The zero-order valence-electron chi connectivity index (χ0n) is 10.1. The van der Waals surface area contributed by atoms with Crippen molar-refractivity contribution in [2.45, 2.75) is 57.2 Å². The van der Waals surface area contributed by atoms with Gasteiger partial charge in [-0.05, 0) is 45.2 Å². The van der Waals surface area contributed by atoms with Crippen molar-refractivity contribution in [1.82, 2.24) is 5.32 Å². The normalized spacial score (nSPS) is 30.1. The SMILES string of the molecule is CC(F)(CC1CCCCN1)C1=CCCCO1. The summed E-state index contributed by atoms with van der Waals surface area (Å²) in [7, 11) is 0. The molecule has 2 aliphatic rings. The molecule has 0 aromatic heterocycles. The predicted molar refractivity (Wildman–Crippen MR) is 63.0 cm³/mol. The van der Waals surface area contributed by atoms with Crippen molar-refractivity contribution in [3.05, 3.63) is 11.8 Å². The standard InChI is InChI=1S/C13H22FNO/c1-13(14,12-7-3-5-9-16-12)10-11-6-2-4-8-15-11/h7,11,15H,2-6,8-10H2,1H3. The van der Waals surface area contributed by atoms with Gasteiger partial charge in [-0.2, -0.15) is 0 Å². The van der Waals surface area contributed by atoms with Crippen LogP contribution in [0.15, 0.2) is 11.8 Å². The zero-order valence-corrected chi connectivity index (χ0v) is 10.1. The number of alkyl halides is 1. The molecule has 2 atom stereocenters. The van der Waals surface area contributed by atoms with E-state index in [0.717, 1.165) is 25.8 Å². The highest BCUT2D eigenvalue weighted by atomic mass is 19.1. The van der Waals surface area contributed by atoms with Gasteiger partial charge in [0.1, 0.15) is 5.76 Å². The van der Waals surface area contributed by atoms with Gasteiger partial charge in [-0.25, -0.2) is 4.39 Å². The number of hydrogen-bond acceptors (Lipinski definition) is 2. The van der Waals surface area contributed by atoms with Crippen molar-refractivity contribution in [2.24, 2.45) is 0 Å². The molecule has 0 radical (unpaired) electrons. The quantitative estimate of drug-likeness (QED) is 0.800. The number of rotatable bonds is 3. The Hall–Kier alpha value is -0.570. The minimum absolute atomic E-state index is 0.315. The van der Waals surface area contributed by atoms with E-state index in [-0.39, 0.29) is 0 Å². The third kappa shape index (κ3) is 2.97. The average molecular weight is 227 g/mol. The van der Waals surface area contributed by atoms with Crippen molar-refractivity contribution >= 4 is 0 Å². The van der Waals surface area contributed by atoms with E-state index in [9.17, 15) is 4.39 Å². The van der Waals surface area contributed by atoms with Crippen LogP contribution in [0.5, 0.6) is 0 Å². The smallest absolute Gasteiger partial charge is 0.165 e. The molecule has 0 bridgehead atoms. The molecule has 0 saturated carbocycles. The molecule has 1 N–H and O–H groups in total. The Kier molecular flexibility index (Phi) is 3.85. The molecule has 0 spiro atoms. The lowest BCUT2D eigenvalue weighted by Crippen LogP contribution is -2.40. The Morgan fingerprint density at radius 1 is 1.50 bits per heavy atom. The lowest BCUT2D eigenvalue weighted by atomic mass is 9.90. The second-order valence-corrected chi connectivity index (χ2v) is 5.11. The third-order valence-electron chi connectivity index (χ3n) is 3.49. The fraction of sp³-hybridized carbons (Fsp3) is 0.846. The average Bonchev–Trinajstić information content (AvgIpc) is 2.31. The molecule has 3 heteroatoms. The molecule has 1 saturated heterocycles. The van der Waals surface area contributed by atoms with Crippen LogP contribution in [0.2, 0.25) is 0 Å². The van der Waals surface area contributed by atoms with E-state index >= 15 is 0 Å². The van der Waals surface area contributed by atoms with E-state index in [0.29, 0.717) is 24.8 Å². The number of piperidine rings is 1. The summed E-state index contributed by atoms with van der Waals surface area (Å²) in [5, 5.41) is 3.39. The van der Waals surface area contributed by atoms with Crippen LogP contribution in [-0.4, -0.2) is 24.9 Å². The molecule has 2 unspecified atom stereocenters. The topological polar surface area (TPSA) is 21.3 Å². The van der Waals surface area contributed by atoms with Crippen LogP contribution in [0.3, 0.4) is 0 Å². The first kappa shape index (κ1) is 11.9. The van der Waals surface area contributed by atoms with Gasteiger partial charge in [0.05, 0.1) is 6.61 Å². The molecule has 1 fully saturated rings. The van der Waals surface area contributed by atoms with Crippen LogP contribution >= 0.6 is 0 Å². The van der Waals surface area contributed by atoms with Crippen LogP contribution in [0, 0.1) is 0 Å². The van der Waals surface area contributed by atoms with Crippen molar-refractivity contribution in [3.8, 4) is 0 Å². The van der Waals surface area contributed by atoms with Gasteiger partial charge in [0.25, 0.3) is 0 Å². The number of nitrogens with one attached hydrogen (secondary N) is 1. The van der Waals surface area contributed by atoms with Gasteiger partial charge >= 0.3 is 0 Å². The molecule has 0 aromatic rings. The minimum Gasteiger partial charge on any atom is -0.495 e. The van der Waals surface area contributed by atoms with Gasteiger partial charge in [0, 0.05) is 12.5 Å². The molecule has 0 amide bonds. The molecule has 2 nitrogen and oxygen atoms in total. The Balaban J connectivity index is 1.92. The van der Waals surface area contributed by atoms with Gasteiger partial charge in [-0.1, -0.05) is 6.42 Å². The molecular weight excluding hydrogens is 205 g/mol. The van der Waals surface area contributed by atoms with E-state index in [1.807, 2.05) is 6.08 Å². The van der Waals surface area contributed by atoms with E-state index in [1.54, 1.807) is 6.92 Å². The summed E-state index contributed by atoms with van der Waals surface area (Å²) in [5.74, 6) is 0.561. The molecular formula is C13H22FNO. The van der Waals surface area contributed by atoms with Crippen molar-refractivity contribution < 1.29 is 9.13 Å². The van der Waals surface area contributed by atoms with E-state index in [4.69, 9.17) is 4.74 Å². The highest BCUT2D eigenvalue weighted by Crippen LogP contribution is 2.32. The molecule has 2 heterocycles. The predicted octanol–water partition coefficient (Wildman–Crippen LogP) is 2.94. The molecule has 92 valence electrons. The van der Waals surface area contributed by atoms with Crippen LogP contribution in [0.1, 0.15) is 45.4 Å². The van der Waals surface area contributed by atoms with Crippen LogP contribution in [0.25, 0.3) is 0 Å². The summed E-state index contributed by atoms with van der Waals surface area (Å²) < 4.78 is 20.0. The summed E-state index contributed by atoms with van der Waals surface area (Å²) in [6.07, 6.45) is 7.96. The molecule has 16 heavy (non-hydrogen) atoms. The number of hydrogen-bond donors (Lipinski definition) is 1. The summed E-state index contributed by atoms with van der Waals surface area (Å²) in [6, 6.07) is 0.315. The Labute approximate surface area is 97.2 Å². The lowest BCUT2D eigenvalue weighted by molar-refractivity contribution is 0.0703. The van der Waals surface area contributed by atoms with E-state index in [2.05, 4.69) is 5.32 Å². The Bertz CT molecular complexity index is 257. The monoisotopic (exact) mass is 227 g/mol. The summed E-state index contributed by atoms with van der Waals surface area (Å²) >= 11 is 0. The van der Waals surface area contributed by atoms with Gasteiger partial charge in [0.2, 0.25) is 0 Å². The summed E-state index contributed by atoms with van der Waals surface area (Å²) in [6.45, 7) is 3.35. The maximum Gasteiger partial charge on any atom is 0.165 e. The van der Waals surface area contributed by atoms with Crippen LogP contribution in [0.4, 0.5) is 4.39 Å². The highest BCUT2D eigenvalue weighted by molar-refractivity contribution is 5.11. The maximum atomic E-state index is 14.5. The minimum atomic E-state index is -1.30. The lowest BCUT2D eigenvalue weighted by Gasteiger charge is -2.32. The fourth-order valence-electron chi connectivity index (χ4n) is 2.58.